The minimum Gasteiger partial charge on any atom is -0.402 e. The van der Waals surface area contributed by atoms with Crippen LogP contribution in [0, 0.1) is 6.92 Å². The fourth-order valence-corrected chi connectivity index (χ4v) is 3.99. The summed E-state index contributed by atoms with van der Waals surface area (Å²) >= 11 is 6.14. The Morgan fingerprint density at radius 2 is 1.74 bits per heavy atom. The third kappa shape index (κ3) is 4.68. The predicted molar refractivity (Wildman–Crippen MR) is 117 cm³/mol. The molecule has 1 aliphatic rings. The fourth-order valence-electron chi connectivity index (χ4n) is 2.85. The van der Waals surface area contributed by atoms with Gasteiger partial charge in [-0.05, 0) is 55.0 Å². The van der Waals surface area contributed by atoms with Crippen LogP contribution in [-0.4, -0.2) is 20.3 Å². The highest BCUT2D eigenvalue weighted by molar-refractivity contribution is 7.87. The summed E-state index contributed by atoms with van der Waals surface area (Å²) in [6.07, 6.45) is 1.48. The molecule has 0 aromatic heterocycles. The molecule has 1 aliphatic heterocycles. The van der Waals surface area contributed by atoms with Gasteiger partial charge in [0.05, 0.1) is 10.6 Å². The maximum absolute atomic E-state index is 12.5. The molecule has 3 aromatic rings. The number of esters is 1. The number of nitrogens with zero attached hydrogens (tertiary/aromatic N) is 1. The number of hydrogen-bond donors (Lipinski definition) is 0. The molecule has 8 heteroatoms. The molecule has 3 aromatic carbocycles. The van der Waals surface area contributed by atoms with E-state index in [1.165, 1.54) is 30.3 Å². The molecule has 4 rings (SSSR count). The summed E-state index contributed by atoms with van der Waals surface area (Å²) in [5, 5.41) is 0.409. The molecule has 0 aliphatic carbocycles. The van der Waals surface area contributed by atoms with Gasteiger partial charge < -0.3 is 8.92 Å². The Labute approximate surface area is 184 Å². The van der Waals surface area contributed by atoms with Gasteiger partial charge in [0, 0.05) is 0 Å². The van der Waals surface area contributed by atoms with E-state index < -0.39 is 16.1 Å². The molecule has 31 heavy (non-hydrogen) atoms. The molecule has 0 amide bonds. The zero-order chi connectivity index (χ0) is 22.0. The van der Waals surface area contributed by atoms with Gasteiger partial charge in [-0.1, -0.05) is 53.6 Å². The molecule has 0 atom stereocenters. The first kappa shape index (κ1) is 20.8. The Morgan fingerprint density at radius 1 is 1.00 bits per heavy atom. The van der Waals surface area contributed by atoms with Crippen LogP contribution in [0.2, 0.25) is 5.02 Å². The average Bonchev–Trinajstić information content (AvgIpc) is 3.08. The third-order valence-electron chi connectivity index (χ3n) is 4.40. The highest BCUT2D eigenvalue weighted by atomic mass is 35.5. The molecule has 0 fully saturated rings. The molecule has 0 unspecified atom stereocenters. The predicted octanol–water partition coefficient (Wildman–Crippen LogP) is 4.76. The first-order chi connectivity index (χ1) is 14.8. The quantitative estimate of drug-likeness (QED) is 0.316. The van der Waals surface area contributed by atoms with Crippen LogP contribution < -0.4 is 4.18 Å². The molecule has 0 saturated carbocycles. The monoisotopic (exact) mass is 453 g/mol. The largest absolute Gasteiger partial charge is 0.402 e. The van der Waals surface area contributed by atoms with E-state index in [9.17, 15) is 13.2 Å². The SMILES string of the molecule is Cc1ccc(S(=O)(=O)Oc2cccc(/C=C3\N=C(c4ccccc4Cl)OC3=O)c2)cc1. The van der Waals surface area contributed by atoms with E-state index in [1.54, 1.807) is 48.5 Å². The van der Waals surface area contributed by atoms with E-state index in [4.69, 9.17) is 20.5 Å². The number of halogens is 1. The number of cyclic esters (lactones) is 1. The van der Waals surface area contributed by atoms with Crippen molar-refractivity contribution in [3.8, 4) is 5.75 Å². The van der Waals surface area contributed by atoms with Crippen LogP contribution >= 0.6 is 11.6 Å². The Balaban J connectivity index is 1.60. The number of carbonyl (C=O) groups excluding carboxylic acids is 1. The Hall–Kier alpha value is -3.42. The lowest BCUT2D eigenvalue weighted by Gasteiger charge is -2.08. The van der Waals surface area contributed by atoms with Crippen molar-refractivity contribution in [2.45, 2.75) is 11.8 Å². The normalized spacial score (nSPS) is 15.0. The molecule has 0 spiro atoms. The van der Waals surface area contributed by atoms with Crippen molar-refractivity contribution < 1.29 is 22.1 Å². The second kappa shape index (κ2) is 8.37. The molecular formula is C23H16ClNO5S. The van der Waals surface area contributed by atoms with Crippen molar-refractivity contribution in [3.63, 3.8) is 0 Å². The maximum atomic E-state index is 12.5. The van der Waals surface area contributed by atoms with Crippen LogP contribution in [0.25, 0.3) is 6.08 Å². The van der Waals surface area contributed by atoms with E-state index in [1.807, 2.05) is 6.92 Å². The van der Waals surface area contributed by atoms with Crippen molar-refractivity contribution in [1.29, 1.82) is 0 Å². The van der Waals surface area contributed by atoms with Gasteiger partial charge in [-0.15, -0.1) is 0 Å². The summed E-state index contributed by atoms with van der Waals surface area (Å²) in [6.45, 7) is 1.86. The molecule has 156 valence electrons. The first-order valence-electron chi connectivity index (χ1n) is 9.20. The van der Waals surface area contributed by atoms with E-state index >= 15 is 0 Å². The van der Waals surface area contributed by atoms with Crippen LogP contribution in [-0.2, 0) is 19.6 Å². The van der Waals surface area contributed by atoms with Gasteiger partial charge >= 0.3 is 16.1 Å². The van der Waals surface area contributed by atoms with Crippen LogP contribution in [0.4, 0.5) is 0 Å². The number of carbonyl (C=O) groups is 1. The second-order valence-electron chi connectivity index (χ2n) is 6.74. The summed E-state index contributed by atoms with van der Waals surface area (Å²) in [5.41, 5.74) is 2.02. The van der Waals surface area contributed by atoms with Crippen LogP contribution in [0.1, 0.15) is 16.7 Å². The molecule has 0 saturated heterocycles. The summed E-state index contributed by atoms with van der Waals surface area (Å²) < 4.78 is 35.5. The van der Waals surface area contributed by atoms with Crippen molar-refractivity contribution >= 4 is 39.7 Å². The molecule has 0 radical (unpaired) electrons. The Bertz CT molecular complexity index is 1330. The highest BCUT2D eigenvalue weighted by Gasteiger charge is 2.25. The van der Waals surface area contributed by atoms with Gasteiger partial charge in [0.2, 0.25) is 5.90 Å². The lowest BCUT2D eigenvalue weighted by molar-refractivity contribution is -0.129. The Kier molecular flexibility index (Phi) is 5.63. The van der Waals surface area contributed by atoms with Crippen molar-refractivity contribution in [1.82, 2.24) is 0 Å². The summed E-state index contributed by atoms with van der Waals surface area (Å²) in [7, 11) is -3.99. The van der Waals surface area contributed by atoms with Gasteiger partial charge in [-0.25, -0.2) is 9.79 Å². The summed E-state index contributed by atoms with van der Waals surface area (Å²) in [6, 6.07) is 19.5. The van der Waals surface area contributed by atoms with Crippen LogP contribution in [0.15, 0.2) is 88.4 Å². The number of hydrogen-bond acceptors (Lipinski definition) is 6. The van der Waals surface area contributed by atoms with Crippen LogP contribution in [0.5, 0.6) is 5.75 Å². The number of rotatable bonds is 5. The van der Waals surface area contributed by atoms with E-state index in [0.29, 0.717) is 16.1 Å². The van der Waals surface area contributed by atoms with Gasteiger partial charge in [0.15, 0.2) is 5.70 Å². The number of aliphatic imine (C=N–C) groups is 1. The van der Waals surface area contributed by atoms with Gasteiger partial charge in [-0.3, -0.25) is 0 Å². The maximum Gasteiger partial charge on any atom is 0.363 e. The second-order valence-corrected chi connectivity index (χ2v) is 8.69. The van der Waals surface area contributed by atoms with Gasteiger partial charge in [0.1, 0.15) is 10.6 Å². The standard InChI is InChI=1S/C23H16ClNO5S/c1-15-9-11-18(12-10-15)31(27,28)30-17-6-4-5-16(13-17)14-21-23(26)29-22(25-21)19-7-2-3-8-20(19)24/h2-14H,1H3/b21-14-. The van der Waals surface area contributed by atoms with Gasteiger partial charge in [0.25, 0.3) is 0 Å². The van der Waals surface area contributed by atoms with Crippen molar-refractivity contribution in [2.75, 3.05) is 0 Å². The minimum atomic E-state index is -3.99. The zero-order valence-corrected chi connectivity index (χ0v) is 17.9. The third-order valence-corrected chi connectivity index (χ3v) is 5.99. The molecule has 0 bridgehead atoms. The lowest BCUT2D eigenvalue weighted by atomic mass is 10.2. The summed E-state index contributed by atoms with van der Waals surface area (Å²) in [4.78, 5) is 16.5. The van der Waals surface area contributed by atoms with E-state index in [0.717, 1.165) is 5.56 Å². The van der Waals surface area contributed by atoms with Gasteiger partial charge in [-0.2, -0.15) is 8.42 Å². The topological polar surface area (TPSA) is 82.0 Å². The van der Waals surface area contributed by atoms with Crippen molar-refractivity contribution in [2.24, 2.45) is 4.99 Å². The zero-order valence-electron chi connectivity index (χ0n) is 16.3. The number of benzene rings is 3. The van der Waals surface area contributed by atoms with Crippen LogP contribution in [0.3, 0.4) is 0 Å². The highest BCUT2D eigenvalue weighted by Crippen LogP contribution is 2.25. The number of aryl methyl sites for hydroxylation is 1. The molecular weight excluding hydrogens is 438 g/mol. The lowest BCUT2D eigenvalue weighted by Crippen LogP contribution is -2.09. The molecule has 6 nitrogen and oxygen atoms in total. The average molecular weight is 454 g/mol. The first-order valence-corrected chi connectivity index (χ1v) is 11.0. The number of ether oxygens (including phenoxy) is 1. The van der Waals surface area contributed by atoms with Crippen molar-refractivity contribution in [3.05, 3.63) is 100 Å². The smallest absolute Gasteiger partial charge is 0.363 e. The fraction of sp³-hybridized carbons (Fsp3) is 0.0435. The Morgan fingerprint density at radius 3 is 2.48 bits per heavy atom. The van der Waals surface area contributed by atoms with E-state index in [2.05, 4.69) is 4.99 Å². The molecule has 0 N–H and O–H groups in total. The molecule has 1 heterocycles. The summed E-state index contributed by atoms with van der Waals surface area (Å²) in [5.74, 6) is -0.415. The minimum absolute atomic E-state index is 0.0511. The van der Waals surface area contributed by atoms with E-state index in [-0.39, 0.29) is 22.2 Å².